The molecule has 1 fully saturated rings. The second-order valence-electron chi connectivity index (χ2n) is 7.87. The summed E-state index contributed by atoms with van der Waals surface area (Å²) in [5, 5.41) is 2.45. The lowest BCUT2D eigenvalue weighted by molar-refractivity contribution is 0.0806. The molecule has 0 aromatic heterocycles. The number of hydrogen-bond donors (Lipinski definition) is 2. The van der Waals surface area contributed by atoms with Gasteiger partial charge in [-0.1, -0.05) is 12.1 Å². The molecule has 1 saturated heterocycles. The maximum absolute atomic E-state index is 13.1. The van der Waals surface area contributed by atoms with Crippen LogP contribution in [0.2, 0.25) is 0 Å². The van der Waals surface area contributed by atoms with E-state index < -0.39 is 27.9 Å². The van der Waals surface area contributed by atoms with Crippen LogP contribution in [0.1, 0.15) is 30.1 Å². The van der Waals surface area contributed by atoms with E-state index >= 15 is 0 Å². The van der Waals surface area contributed by atoms with E-state index in [1.807, 2.05) is 4.90 Å². The molecule has 1 amide bonds. The molecule has 0 bridgehead atoms. The van der Waals surface area contributed by atoms with Gasteiger partial charge in [0.25, 0.3) is 0 Å². The molecule has 178 valence electrons. The summed E-state index contributed by atoms with van der Waals surface area (Å²) in [5.41, 5.74) is 6.82. The van der Waals surface area contributed by atoms with E-state index in [1.165, 1.54) is 36.4 Å². The molecule has 3 rings (SSSR count). The van der Waals surface area contributed by atoms with Gasteiger partial charge in [-0.05, 0) is 56.2 Å². The number of ketones is 1. The number of Topliss-reactive ketones (excluding diaryl/α,β-unsaturated/α-hetero) is 1. The summed E-state index contributed by atoms with van der Waals surface area (Å²) in [5.74, 6) is -1.00. The van der Waals surface area contributed by atoms with Gasteiger partial charge in [-0.15, -0.1) is 0 Å². The molecule has 0 saturated carbocycles. The molecule has 8 nitrogen and oxygen atoms in total. The highest BCUT2D eigenvalue weighted by atomic mass is 32.2. The first-order chi connectivity index (χ1) is 15.7. The van der Waals surface area contributed by atoms with Crippen LogP contribution in [0.25, 0.3) is 0 Å². The van der Waals surface area contributed by atoms with Gasteiger partial charge in [0.15, 0.2) is 15.6 Å². The van der Waals surface area contributed by atoms with Crippen LogP contribution in [0.4, 0.5) is 14.9 Å². The standard InChI is InChI=1S/C23H28FN3O5S/c1-2-32-23(29)26-19-5-3-4-6-20(19)33(30,31)15-21(25)27-13-11-17(12-14-27)22(28)16-7-9-18(24)10-8-16/h3-10,17,21H,2,11-15,25H2,1H3,(H,26,29). The first-order valence-corrected chi connectivity index (χ1v) is 12.4. The second-order valence-corrected chi connectivity index (χ2v) is 9.87. The number of benzene rings is 2. The highest BCUT2D eigenvalue weighted by Crippen LogP contribution is 2.26. The van der Waals surface area contributed by atoms with E-state index in [1.54, 1.807) is 19.1 Å². The third-order valence-corrected chi connectivity index (χ3v) is 7.43. The normalized spacial score (nSPS) is 16.2. The van der Waals surface area contributed by atoms with E-state index in [2.05, 4.69) is 5.32 Å². The maximum Gasteiger partial charge on any atom is 0.411 e. The quantitative estimate of drug-likeness (QED) is 0.561. The van der Waals surface area contributed by atoms with Crippen LogP contribution in [0.3, 0.4) is 0 Å². The molecule has 1 aliphatic rings. The number of rotatable bonds is 8. The summed E-state index contributed by atoms with van der Waals surface area (Å²) in [4.78, 5) is 26.2. The van der Waals surface area contributed by atoms with Gasteiger partial charge in [0.2, 0.25) is 0 Å². The summed E-state index contributed by atoms with van der Waals surface area (Å²) in [6, 6.07) is 11.6. The average molecular weight is 478 g/mol. The zero-order valence-corrected chi connectivity index (χ0v) is 19.2. The number of nitrogens with one attached hydrogen (secondary N) is 1. The number of nitrogens with zero attached hydrogens (tertiary/aromatic N) is 1. The number of para-hydroxylation sites is 1. The molecule has 1 atom stereocenters. The van der Waals surface area contributed by atoms with E-state index in [-0.39, 0.29) is 34.6 Å². The Morgan fingerprint density at radius 2 is 1.79 bits per heavy atom. The van der Waals surface area contributed by atoms with Crippen molar-refractivity contribution in [2.24, 2.45) is 11.7 Å². The third-order valence-electron chi connectivity index (χ3n) is 5.62. The molecular formula is C23H28FN3O5S. The lowest BCUT2D eigenvalue weighted by Gasteiger charge is -2.35. The Morgan fingerprint density at radius 3 is 2.42 bits per heavy atom. The summed E-state index contributed by atoms with van der Waals surface area (Å²) in [6.45, 7) is 2.75. The lowest BCUT2D eigenvalue weighted by Crippen LogP contribution is -2.50. The largest absolute Gasteiger partial charge is 0.450 e. The Morgan fingerprint density at radius 1 is 1.15 bits per heavy atom. The van der Waals surface area contributed by atoms with Crippen LogP contribution < -0.4 is 11.1 Å². The molecule has 2 aromatic carbocycles. The minimum Gasteiger partial charge on any atom is -0.450 e. The number of amides is 1. The smallest absolute Gasteiger partial charge is 0.411 e. The first-order valence-electron chi connectivity index (χ1n) is 10.8. The van der Waals surface area contributed by atoms with Gasteiger partial charge in [0, 0.05) is 24.6 Å². The van der Waals surface area contributed by atoms with Crippen molar-refractivity contribution in [3.8, 4) is 0 Å². The lowest BCUT2D eigenvalue weighted by atomic mass is 9.89. The SMILES string of the molecule is CCOC(=O)Nc1ccccc1S(=O)(=O)CC(N)N1CCC(C(=O)c2ccc(F)cc2)CC1. The average Bonchev–Trinajstić information content (AvgIpc) is 2.79. The Bertz CT molecular complexity index is 1080. The van der Waals surface area contributed by atoms with Crippen molar-refractivity contribution in [3.63, 3.8) is 0 Å². The fourth-order valence-electron chi connectivity index (χ4n) is 3.88. The van der Waals surface area contributed by atoms with Gasteiger partial charge in [0.1, 0.15) is 5.82 Å². The molecule has 1 aliphatic heterocycles. The number of carbonyl (C=O) groups is 2. The van der Waals surface area contributed by atoms with E-state index in [0.717, 1.165) is 0 Å². The van der Waals surface area contributed by atoms with Crippen LogP contribution in [0, 0.1) is 11.7 Å². The minimum absolute atomic E-state index is 0.0325. The van der Waals surface area contributed by atoms with Gasteiger partial charge < -0.3 is 10.5 Å². The van der Waals surface area contributed by atoms with Gasteiger partial charge in [-0.2, -0.15) is 0 Å². The van der Waals surface area contributed by atoms with Crippen LogP contribution in [-0.2, 0) is 14.6 Å². The van der Waals surface area contributed by atoms with Gasteiger partial charge in [0.05, 0.1) is 29.1 Å². The molecule has 1 unspecified atom stereocenters. The molecular weight excluding hydrogens is 449 g/mol. The van der Waals surface area contributed by atoms with Crippen molar-refractivity contribution in [1.82, 2.24) is 4.90 Å². The van der Waals surface area contributed by atoms with E-state index in [9.17, 15) is 22.4 Å². The monoisotopic (exact) mass is 477 g/mol. The number of likely N-dealkylation sites (tertiary alicyclic amines) is 1. The van der Waals surface area contributed by atoms with Gasteiger partial charge in [-0.3, -0.25) is 15.0 Å². The Balaban J connectivity index is 1.61. The third kappa shape index (κ3) is 6.37. The predicted molar refractivity (Wildman–Crippen MR) is 122 cm³/mol. The van der Waals surface area contributed by atoms with Crippen LogP contribution >= 0.6 is 0 Å². The van der Waals surface area contributed by atoms with Crippen LogP contribution in [-0.4, -0.2) is 56.8 Å². The second kappa shape index (κ2) is 10.9. The highest BCUT2D eigenvalue weighted by molar-refractivity contribution is 7.91. The molecule has 10 heteroatoms. The summed E-state index contributed by atoms with van der Waals surface area (Å²) >= 11 is 0. The Hall–Kier alpha value is -2.82. The number of nitrogens with two attached hydrogens (primary N) is 1. The van der Waals surface area contributed by atoms with Gasteiger partial charge in [-0.25, -0.2) is 17.6 Å². The number of ether oxygens (including phenoxy) is 1. The minimum atomic E-state index is -3.82. The molecule has 3 N–H and O–H groups in total. The van der Waals surface area contributed by atoms with Crippen molar-refractivity contribution < 1.29 is 27.1 Å². The number of sulfone groups is 1. The molecule has 33 heavy (non-hydrogen) atoms. The molecule has 1 heterocycles. The zero-order valence-electron chi connectivity index (χ0n) is 18.4. The zero-order chi connectivity index (χ0) is 24.0. The fourth-order valence-corrected chi connectivity index (χ4v) is 5.46. The summed E-state index contributed by atoms with van der Waals surface area (Å²) < 4.78 is 44.0. The number of piperidine rings is 1. The number of halogens is 1. The van der Waals surface area contributed by atoms with Crippen molar-refractivity contribution in [1.29, 1.82) is 0 Å². The van der Waals surface area contributed by atoms with Crippen LogP contribution in [0.5, 0.6) is 0 Å². The van der Waals surface area contributed by atoms with E-state index in [4.69, 9.17) is 10.5 Å². The van der Waals surface area contributed by atoms with Crippen molar-refractivity contribution in [3.05, 3.63) is 59.9 Å². The van der Waals surface area contributed by atoms with Crippen molar-refractivity contribution in [2.45, 2.75) is 30.8 Å². The number of carbonyl (C=O) groups excluding carboxylic acids is 2. The van der Waals surface area contributed by atoms with Crippen LogP contribution in [0.15, 0.2) is 53.4 Å². The topological polar surface area (TPSA) is 119 Å². The summed E-state index contributed by atoms with van der Waals surface area (Å²) in [7, 11) is -3.82. The van der Waals surface area contributed by atoms with Gasteiger partial charge >= 0.3 is 6.09 Å². The predicted octanol–water partition coefficient (Wildman–Crippen LogP) is 3.05. The molecule has 0 radical (unpaired) electrons. The van der Waals surface area contributed by atoms with E-state index in [0.29, 0.717) is 31.5 Å². The molecule has 2 aromatic rings. The number of hydrogen-bond acceptors (Lipinski definition) is 7. The fraction of sp³-hybridized carbons (Fsp3) is 0.391. The Kier molecular flexibility index (Phi) is 8.17. The van der Waals surface area contributed by atoms with Crippen molar-refractivity contribution in [2.75, 3.05) is 30.8 Å². The number of anilines is 1. The summed E-state index contributed by atoms with van der Waals surface area (Å²) in [6.07, 6.45) is -0.444. The highest BCUT2D eigenvalue weighted by Gasteiger charge is 2.31. The van der Waals surface area contributed by atoms with Crippen molar-refractivity contribution >= 4 is 27.4 Å². The molecule has 0 spiro atoms. The Labute approximate surface area is 192 Å². The maximum atomic E-state index is 13.1. The first kappa shape index (κ1) is 24.8. The molecule has 0 aliphatic carbocycles.